The van der Waals surface area contributed by atoms with Crippen LogP contribution in [0.3, 0.4) is 0 Å². The highest BCUT2D eigenvalue weighted by Gasteiger charge is 2.25. The Bertz CT molecular complexity index is 1410. The van der Waals surface area contributed by atoms with Crippen molar-refractivity contribution >= 4 is 17.7 Å². The molecule has 0 aliphatic carbocycles. The van der Waals surface area contributed by atoms with Gasteiger partial charge in [-0.05, 0) is 79.6 Å². The fraction of sp³-hybridized carbons (Fsp3) is 0.432. The van der Waals surface area contributed by atoms with Crippen molar-refractivity contribution < 1.29 is 24.2 Å². The van der Waals surface area contributed by atoms with Gasteiger partial charge in [0.25, 0.3) is 11.8 Å². The van der Waals surface area contributed by atoms with Crippen molar-refractivity contribution in [2.75, 3.05) is 26.2 Å². The molecule has 0 fully saturated rings. The maximum Gasteiger partial charge on any atom is 0.253 e. The normalized spacial score (nSPS) is 12.4. The zero-order chi connectivity index (χ0) is 33.5. The van der Waals surface area contributed by atoms with E-state index in [0.717, 1.165) is 36.9 Å². The summed E-state index contributed by atoms with van der Waals surface area (Å²) in [5.41, 5.74) is 7.93. The van der Waals surface area contributed by atoms with Crippen molar-refractivity contribution in [2.45, 2.75) is 72.1 Å². The number of rotatable bonds is 19. The number of nitrogens with zero attached hydrogens (tertiary/aromatic N) is 1. The molecule has 0 aliphatic rings. The summed E-state index contributed by atoms with van der Waals surface area (Å²) < 4.78 is 6.01. The first kappa shape index (κ1) is 36.3. The average molecular weight is 631 g/mol. The zero-order valence-corrected chi connectivity index (χ0v) is 27.6. The van der Waals surface area contributed by atoms with Crippen LogP contribution >= 0.6 is 0 Å². The molecule has 46 heavy (non-hydrogen) atoms. The van der Waals surface area contributed by atoms with E-state index >= 15 is 0 Å². The molecule has 0 heterocycles. The molecular weight excluding hydrogens is 580 g/mol. The van der Waals surface area contributed by atoms with Gasteiger partial charge in [0, 0.05) is 36.3 Å². The molecule has 0 saturated carbocycles. The molecule has 0 saturated heterocycles. The fourth-order valence-electron chi connectivity index (χ4n) is 5.14. The van der Waals surface area contributed by atoms with Crippen LogP contribution in [0.2, 0.25) is 0 Å². The summed E-state index contributed by atoms with van der Waals surface area (Å²) in [5.74, 6) is -0.327. The lowest BCUT2D eigenvalue weighted by Crippen LogP contribution is -2.49. The summed E-state index contributed by atoms with van der Waals surface area (Å²) in [4.78, 5) is 41.1. The van der Waals surface area contributed by atoms with Crippen LogP contribution in [0.15, 0.2) is 72.8 Å². The Hall–Kier alpha value is -4.21. The van der Waals surface area contributed by atoms with E-state index in [9.17, 15) is 19.5 Å². The number of benzene rings is 3. The van der Waals surface area contributed by atoms with Gasteiger partial charge >= 0.3 is 0 Å². The third kappa shape index (κ3) is 11.6. The quantitative estimate of drug-likeness (QED) is 0.138. The SMILES string of the molecule is CCCN(CCC)C(=O)c1cc(C(N)=O)cc(C(=O)N[C@@H](Cc2cccc(OCc3ccccc3)c2)[C@H](O)CNCCC(C)C)c1. The van der Waals surface area contributed by atoms with Gasteiger partial charge in [0.2, 0.25) is 5.91 Å². The van der Waals surface area contributed by atoms with E-state index in [1.807, 2.05) is 68.4 Å². The number of carbonyl (C=O) groups is 3. The summed E-state index contributed by atoms with van der Waals surface area (Å²) in [7, 11) is 0. The molecule has 9 heteroatoms. The lowest BCUT2D eigenvalue weighted by molar-refractivity contribution is 0.0755. The van der Waals surface area contributed by atoms with Crippen molar-refractivity contribution in [2.24, 2.45) is 11.7 Å². The van der Waals surface area contributed by atoms with Crippen LogP contribution in [0.1, 0.15) is 89.2 Å². The van der Waals surface area contributed by atoms with Gasteiger partial charge in [-0.2, -0.15) is 0 Å². The number of ether oxygens (including phenoxy) is 1. The molecule has 3 rings (SSSR count). The van der Waals surface area contributed by atoms with Crippen molar-refractivity contribution in [1.82, 2.24) is 15.5 Å². The molecule has 0 aromatic heterocycles. The second-order valence-corrected chi connectivity index (χ2v) is 12.1. The lowest BCUT2D eigenvalue weighted by atomic mass is 9.99. The lowest BCUT2D eigenvalue weighted by Gasteiger charge is -2.26. The first-order chi connectivity index (χ1) is 22.1. The Morgan fingerprint density at radius 2 is 1.52 bits per heavy atom. The van der Waals surface area contributed by atoms with E-state index in [-0.39, 0.29) is 29.1 Å². The van der Waals surface area contributed by atoms with Crippen LogP contribution < -0.4 is 21.1 Å². The molecule has 0 aliphatic heterocycles. The second-order valence-electron chi connectivity index (χ2n) is 12.1. The molecule has 0 radical (unpaired) electrons. The summed E-state index contributed by atoms with van der Waals surface area (Å²) in [5, 5.41) is 17.6. The maximum atomic E-state index is 13.7. The Morgan fingerprint density at radius 3 is 2.17 bits per heavy atom. The van der Waals surface area contributed by atoms with Gasteiger partial charge in [0.15, 0.2) is 0 Å². The van der Waals surface area contributed by atoms with Crippen LogP contribution in [0, 0.1) is 5.92 Å². The number of nitrogens with two attached hydrogens (primary N) is 1. The van der Waals surface area contributed by atoms with E-state index in [4.69, 9.17) is 10.5 Å². The molecule has 0 unspecified atom stereocenters. The number of hydrogen-bond donors (Lipinski definition) is 4. The summed E-state index contributed by atoms with van der Waals surface area (Å²) in [6.07, 6.45) is 1.91. The molecule has 3 aromatic carbocycles. The van der Waals surface area contributed by atoms with Crippen LogP contribution in [0.4, 0.5) is 0 Å². The highest BCUT2D eigenvalue weighted by atomic mass is 16.5. The third-order valence-corrected chi connectivity index (χ3v) is 7.64. The monoisotopic (exact) mass is 630 g/mol. The largest absolute Gasteiger partial charge is 0.489 e. The van der Waals surface area contributed by atoms with Crippen LogP contribution in [-0.4, -0.2) is 66.1 Å². The predicted octanol–water partition coefficient (Wildman–Crippen LogP) is 4.96. The Kier molecular flexibility index (Phi) is 14.7. The van der Waals surface area contributed by atoms with E-state index < -0.39 is 24.0 Å². The molecule has 9 nitrogen and oxygen atoms in total. The fourth-order valence-corrected chi connectivity index (χ4v) is 5.14. The zero-order valence-electron chi connectivity index (χ0n) is 27.6. The van der Waals surface area contributed by atoms with Crippen molar-refractivity contribution in [3.8, 4) is 5.75 Å². The number of carbonyl (C=O) groups excluding carboxylic acids is 3. The summed E-state index contributed by atoms with van der Waals surface area (Å²) in [6.45, 7) is 10.8. The minimum Gasteiger partial charge on any atom is -0.489 e. The Morgan fingerprint density at radius 1 is 0.870 bits per heavy atom. The molecule has 3 amide bonds. The van der Waals surface area contributed by atoms with Gasteiger partial charge in [0.1, 0.15) is 12.4 Å². The van der Waals surface area contributed by atoms with Gasteiger partial charge < -0.3 is 31.1 Å². The smallest absolute Gasteiger partial charge is 0.253 e. The molecule has 0 bridgehead atoms. The highest BCUT2D eigenvalue weighted by molar-refractivity contribution is 6.04. The van der Waals surface area contributed by atoms with E-state index in [2.05, 4.69) is 24.5 Å². The number of nitrogens with one attached hydrogen (secondary N) is 2. The van der Waals surface area contributed by atoms with Gasteiger partial charge in [-0.25, -0.2) is 0 Å². The van der Waals surface area contributed by atoms with E-state index in [0.29, 0.717) is 37.8 Å². The summed E-state index contributed by atoms with van der Waals surface area (Å²) >= 11 is 0. The predicted molar refractivity (Wildman–Crippen MR) is 182 cm³/mol. The number of primary amides is 1. The number of aliphatic hydroxyl groups is 1. The standard InChI is InChI=1S/C37H50N4O5/c1-5-17-41(18-6-2)37(45)31-22-29(35(38)43)21-30(23-31)36(44)40-33(34(42)24-39-16-15-26(3)4)20-28-13-10-14-32(19-28)46-25-27-11-8-7-9-12-27/h7-14,19,21-23,26,33-34,39,42H,5-6,15-18,20,24-25H2,1-4H3,(H2,38,43)(H,40,44)/t33-,34+/m0/s1. The molecule has 3 aromatic rings. The first-order valence-electron chi connectivity index (χ1n) is 16.3. The van der Waals surface area contributed by atoms with Crippen molar-refractivity contribution in [1.29, 1.82) is 0 Å². The van der Waals surface area contributed by atoms with Gasteiger partial charge in [-0.15, -0.1) is 0 Å². The number of amides is 3. The van der Waals surface area contributed by atoms with Gasteiger partial charge in [-0.3, -0.25) is 14.4 Å². The van der Waals surface area contributed by atoms with Gasteiger partial charge in [-0.1, -0.05) is 70.2 Å². The second kappa shape index (κ2) is 18.7. The molecule has 0 spiro atoms. The van der Waals surface area contributed by atoms with E-state index in [1.54, 1.807) is 4.90 Å². The van der Waals surface area contributed by atoms with Crippen LogP contribution in [-0.2, 0) is 13.0 Å². The minimum atomic E-state index is -0.921. The molecule has 2 atom stereocenters. The molecular formula is C37H50N4O5. The van der Waals surface area contributed by atoms with Crippen molar-refractivity contribution in [3.05, 3.63) is 101 Å². The number of aliphatic hydroxyl groups excluding tert-OH is 1. The third-order valence-electron chi connectivity index (χ3n) is 7.64. The van der Waals surface area contributed by atoms with E-state index in [1.165, 1.54) is 18.2 Å². The van der Waals surface area contributed by atoms with Crippen LogP contribution in [0.5, 0.6) is 5.75 Å². The van der Waals surface area contributed by atoms with Crippen LogP contribution in [0.25, 0.3) is 0 Å². The van der Waals surface area contributed by atoms with Crippen molar-refractivity contribution in [3.63, 3.8) is 0 Å². The minimum absolute atomic E-state index is 0.0691. The maximum absolute atomic E-state index is 13.7. The summed E-state index contributed by atoms with van der Waals surface area (Å²) in [6, 6.07) is 21.1. The van der Waals surface area contributed by atoms with Gasteiger partial charge in [0.05, 0.1) is 12.1 Å². The molecule has 248 valence electrons. The average Bonchev–Trinajstić information content (AvgIpc) is 3.05. The Balaban J connectivity index is 1.85. The first-order valence-corrected chi connectivity index (χ1v) is 16.3. The Labute approximate surface area is 273 Å². The number of hydrogen-bond acceptors (Lipinski definition) is 6. The topological polar surface area (TPSA) is 134 Å². The molecule has 5 N–H and O–H groups in total. The highest BCUT2D eigenvalue weighted by Crippen LogP contribution is 2.19.